The van der Waals surface area contributed by atoms with Crippen LogP contribution in [0.4, 0.5) is 0 Å². The lowest BCUT2D eigenvalue weighted by Gasteiger charge is -2.45. The zero-order valence-electron chi connectivity index (χ0n) is 21.9. The van der Waals surface area contributed by atoms with E-state index in [4.69, 9.17) is 23.4 Å². The van der Waals surface area contributed by atoms with Gasteiger partial charge in [-0.15, -0.1) is 0 Å². The molecule has 3 aromatic rings. The Morgan fingerprint density at radius 2 is 1.51 bits per heavy atom. The highest BCUT2D eigenvalue weighted by Crippen LogP contribution is 2.43. The summed E-state index contributed by atoms with van der Waals surface area (Å²) in [6, 6.07) is 10.5. The van der Waals surface area contributed by atoms with Gasteiger partial charge in [0.05, 0.1) is 6.61 Å². The molecule has 1 aromatic heterocycles. The van der Waals surface area contributed by atoms with Gasteiger partial charge in [0.15, 0.2) is 29.3 Å². The molecular formula is C27H28O16. The van der Waals surface area contributed by atoms with Crippen molar-refractivity contribution < 1.29 is 74.1 Å². The van der Waals surface area contributed by atoms with E-state index in [1.807, 2.05) is 0 Å². The van der Waals surface area contributed by atoms with E-state index >= 15 is 0 Å². The number of benzene rings is 2. The van der Waals surface area contributed by atoms with Crippen molar-refractivity contribution in [1.29, 1.82) is 0 Å². The summed E-state index contributed by atoms with van der Waals surface area (Å²) in [5.41, 5.74) is -0.440. The average Bonchev–Trinajstić information content (AvgIpc) is 2.99. The molecule has 0 aliphatic carbocycles. The summed E-state index contributed by atoms with van der Waals surface area (Å²) < 4.78 is 27.0. The number of carboxylic acids is 1. The molecule has 3 heterocycles. The Kier molecular flexibility index (Phi) is 8.57. The average molecular weight is 609 g/mol. The monoisotopic (exact) mass is 608 g/mol. The molecule has 43 heavy (non-hydrogen) atoms. The van der Waals surface area contributed by atoms with Crippen LogP contribution in [0.15, 0.2) is 51.7 Å². The smallest absolute Gasteiger partial charge is 0.335 e. The van der Waals surface area contributed by atoms with E-state index in [1.54, 1.807) is 30.3 Å². The van der Waals surface area contributed by atoms with E-state index in [0.29, 0.717) is 5.56 Å². The SMILES string of the molecule is O=C(O)[C@H]1O[C@@H](Oc2cc3oc(-c4ccccc4)cc(=O)c3c(O)c2O)[C@H](O)[C@@H](O)[C@@H]1O[C@H]1O[C@H](CO)[C@@H](O)[C@H](O)[C@H]1O. The van der Waals surface area contributed by atoms with Crippen LogP contribution in [0.2, 0.25) is 0 Å². The van der Waals surface area contributed by atoms with Crippen molar-refractivity contribution in [3.8, 4) is 28.6 Å². The number of fused-ring (bicyclic) bond motifs is 1. The van der Waals surface area contributed by atoms with Crippen LogP contribution in [0.3, 0.4) is 0 Å². The van der Waals surface area contributed by atoms with E-state index in [-0.39, 0.29) is 11.3 Å². The Morgan fingerprint density at radius 3 is 2.16 bits per heavy atom. The molecule has 16 nitrogen and oxygen atoms in total. The number of aliphatic hydroxyl groups is 6. The van der Waals surface area contributed by atoms with Gasteiger partial charge in [-0.3, -0.25) is 4.79 Å². The largest absolute Gasteiger partial charge is 0.504 e. The lowest BCUT2D eigenvalue weighted by atomic mass is 9.96. The molecule has 0 spiro atoms. The molecule has 16 heteroatoms. The number of rotatable bonds is 7. The highest BCUT2D eigenvalue weighted by Gasteiger charge is 2.53. The second kappa shape index (κ2) is 12.0. The van der Waals surface area contributed by atoms with Crippen molar-refractivity contribution >= 4 is 16.9 Å². The van der Waals surface area contributed by atoms with Gasteiger partial charge < -0.3 is 69.3 Å². The fourth-order valence-electron chi connectivity index (χ4n) is 4.85. The molecule has 2 aliphatic heterocycles. The predicted molar refractivity (Wildman–Crippen MR) is 139 cm³/mol. The van der Waals surface area contributed by atoms with E-state index in [0.717, 1.165) is 12.1 Å². The number of aliphatic hydroxyl groups excluding tert-OH is 6. The number of hydrogen-bond acceptors (Lipinski definition) is 15. The van der Waals surface area contributed by atoms with Crippen molar-refractivity contribution in [3.63, 3.8) is 0 Å². The first-order valence-electron chi connectivity index (χ1n) is 12.9. The summed E-state index contributed by atoms with van der Waals surface area (Å²) in [7, 11) is 0. The molecule has 2 fully saturated rings. The molecule has 0 amide bonds. The third-order valence-electron chi connectivity index (χ3n) is 7.16. The van der Waals surface area contributed by atoms with Crippen LogP contribution in [0.1, 0.15) is 0 Å². The number of phenols is 2. The first-order chi connectivity index (χ1) is 20.4. The highest BCUT2D eigenvalue weighted by atomic mass is 16.7. The van der Waals surface area contributed by atoms with Crippen LogP contribution in [0.25, 0.3) is 22.3 Å². The van der Waals surface area contributed by atoms with E-state index in [1.165, 1.54) is 0 Å². The molecule has 0 saturated carbocycles. The van der Waals surface area contributed by atoms with Gasteiger partial charge in [0.25, 0.3) is 0 Å². The quantitative estimate of drug-likeness (QED) is 0.131. The van der Waals surface area contributed by atoms with Gasteiger partial charge in [-0.05, 0) is 0 Å². The molecule has 2 aromatic carbocycles. The molecule has 2 aliphatic rings. The maximum atomic E-state index is 12.7. The molecule has 0 bridgehead atoms. The van der Waals surface area contributed by atoms with Gasteiger partial charge in [-0.1, -0.05) is 30.3 Å². The zero-order valence-corrected chi connectivity index (χ0v) is 21.9. The van der Waals surface area contributed by atoms with Crippen LogP contribution < -0.4 is 10.2 Å². The molecule has 0 unspecified atom stereocenters. The van der Waals surface area contributed by atoms with Crippen molar-refractivity contribution in [3.05, 3.63) is 52.7 Å². The topological polar surface area (TPSA) is 266 Å². The van der Waals surface area contributed by atoms with Gasteiger partial charge in [0, 0.05) is 17.7 Å². The molecule has 10 atom stereocenters. The number of aromatic hydroxyl groups is 2. The van der Waals surface area contributed by atoms with Gasteiger partial charge >= 0.3 is 5.97 Å². The van der Waals surface area contributed by atoms with Gasteiger partial charge in [0.2, 0.25) is 12.0 Å². The third-order valence-corrected chi connectivity index (χ3v) is 7.16. The van der Waals surface area contributed by atoms with Crippen LogP contribution in [-0.4, -0.2) is 120 Å². The van der Waals surface area contributed by atoms with Crippen molar-refractivity contribution in [1.82, 2.24) is 0 Å². The van der Waals surface area contributed by atoms with E-state index < -0.39 is 102 Å². The predicted octanol–water partition coefficient (Wildman–Crippen LogP) is -2.03. The second-order valence-corrected chi connectivity index (χ2v) is 9.95. The summed E-state index contributed by atoms with van der Waals surface area (Å²) in [5, 5.41) is 91.6. The summed E-state index contributed by atoms with van der Waals surface area (Å²) in [4.78, 5) is 24.8. The number of ether oxygens (including phenoxy) is 4. The maximum Gasteiger partial charge on any atom is 0.335 e. The van der Waals surface area contributed by atoms with E-state index in [9.17, 15) is 55.5 Å². The van der Waals surface area contributed by atoms with Gasteiger partial charge in [-0.2, -0.15) is 0 Å². The Labute approximate surface area is 240 Å². The van der Waals surface area contributed by atoms with Gasteiger partial charge in [0.1, 0.15) is 59.5 Å². The molecule has 9 N–H and O–H groups in total. The first kappa shape index (κ1) is 30.6. The van der Waals surface area contributed by atoms with Crippen LogP contribution in [-0.2, 0) is 19.0 Å². The Morgan fingerprint density at radius 1 is 0.837 bits per heavy atom. The van der Waals surface area contributed by atoms with Crippen molar-refractivity contribution in [2.24, 2.45) is 0 Å². The Hall–Kier alpha value is -3.84. The van der Waals surface area contributed by atoms with Gasteiger partial charge in [-0.25, -0.2) is 4.79 Å². The minimum Gasteiger partial charge on any atom is -0.504 e. The Balaban J connectivity index is 1.43. The molecular weight excluding hydrogens is 580 g/mol. The van der Waals surface area contributed by atoms with Crippen LogP contribution >= 0.6 is 0 Å². The fraction of sp³-hybridized carbons (Fsp3) is 0.407. The molecule has 0 radical (unpaired) electrons. The number of carboxylic acid groups (broad SMARTS) is 1. The number of carbonyl (C=O) groups is 1. The summed E-state index contributed by atoms with van der Waals surface area (Å²) in [6.45, 7) is -0.815. The lowest BCUT2D eigenvalue weighted by molar-refractivity contribution is -0.348. The normalized spacial score (nSPS) is 32.9. The summed E-state index contributed by atoms with van der Waals surface area (Å²) >= 11 is 0. The van der Waals surface area contributed by atoms with Crippen molar-refractivity contribution in [2.45, 2.75) is 61.4 Å². The Bertz CT molecular complexity index is 1520. The lowest BCUT2D eigenvalue weighted by Crippen LogP contribution is -2.65. The van der Waals surface area contributed by atoms with E-state index in [2.05, 4.69) is 0 Å². The third kappa shape index (κ3) is 5.63. The summed E-state index contributed by atoms with van der Waals surface area (Å²) in [6.07, 6.45) is -19.2. The highest BCUT2D eigenvalue weighted by molar-refractivity contribution is 5.89. The van der Waals surface area contributed by atoms with Crippen molar-refractivity contribution in [2.75, 3.05) is 6.61 Å². The molecule has 232 valence electrons. The number of aliphatic carboxylic acids is 1. The minimum atomic E-state index is -2.12. The zero-order chi connectivity index (χ0) is 31.2. The first-order valence-corrected chi connectivity index (χ1v) is 12.9. The van der Waals surface area contributed by atoms with Crippen LogP contribution in [0.5, 0.6) is 17.2 Å². The summed E-state index contributed by atoms with van der Waals surface area (Å²) in [5.74, 6) is -4.17. The standard InChI is InChI=1S/C27H28O16/c28-8-14-17(31)19(33)21(35)26(41-14)42-23-20(34)22(36)27(43-24(23)25(37)38)40-13-7-12-15(18(32)16(13)30)10(29)6-11(39-12)9-4-2-1-3-5-9/h1-7,14,17,19-24,26-28,30-36H,8H2,(H,37,38)/t14-,17-,19+,20-,21-,22-,23+,24+,26-,27-/m1/s1. The maximum absolute atomic E-state index is 12.7. The minimum absolute atomic E-state index is 0.109. The molecule has 2 saturated heterocycles. The second-order valence-electron chi connectivity index (χ2n) is 9.95. The molecule has 5 rings (SSSR count). The number of hydrogen-bond donors (Lipinski definition) is 9. The number of phenolic OH excluding ortho intramolecular Hbond substituents is 2. The van der Waals surface area contributed by atoms with Crippen LogP contribution in [0, 0.1) is 0 Å². The fourth-order valence-corrected chi connectivity index (χ4v) is 4.85.